The van der Waals surface area contributed by atoms with E-state index < -0.39 is 23.6 Å². The van der Waals surface area contributed by atoms with Gasteiger partial charge in [0.2, 0.25) is 5.91 Å². The van der Waals surface area contributed by atoms with Gasteiger partial charge in [0.15, 0.2) is 0 Å². The van der Waals surface area contributed by atoms with E-state index in [0.29, 0.717) is 31.6 Å². The van der Waals surface area contributed by atoms with Gasteiger partial charge in [0.25, 0.3) is 5.91 Å². The maximum atomic E-state index is 14.0. The second-order valence-corrected chi connectivity index (χ2v) is 5.89. The fourth-order valence-electron chi connectivity index (χ4n) is 3.08. The molecule has 0 spiro atoms. The van der Waals surface area contributed by atoms with Crippen molar-refractivity contribution in [2.45, 2.75) is 19.3 Å². The smallest absolute Gasteiger partial charge is 0.308 e. The molecule has 1 unspecified atom stereocenters. The van der Waals surface area contributed by atoms with E-state index in [4.69, 9.17) is 5.11 Å². The molecule has 0 radical (unpaired) electrons. The Bertz CT molecular complexity index is 682. The predicted molar refractivity (Wildman–Crippen MR) is 86.9 cm³/mol. The average Bonchev–Trinajstić information content (AvgIpc) is 3.16. The van der Waals surface area contributed by atoms with Crippen LogP contribution in [0.25, 0.3) is 0 Å². The van der Waals surface area contributed by atoms with Crippen LogP contribution in [-0.4, -0.2) is 47.4 Å². The first-order chi connectivity index (χ1) is 11.0. The zero-order chi connectivity index (χ0) is 16.6. The number of carboxylic acids is 1. The maximum Gasteiger partial charge on any atom is 0.308 e. The van der Waals surface area contributed by atoms with Crippen LogP contribution in [0.2, 0.25) is 0 Å². The molecule has 1 N–H and O–H groups in total. The van der Waals surface area contributed by atoms with Gasteiger partial charge in [-0.3, -0.25) is 14.4 Å². The van der Waals surface area contributed by atoms with Gasteiger partial charge in [-0.05, 0) is 31.0 Å². The van der Waals surface area contributed by atoms with Crippen LogP contribution in [0.15, 0.2) is 18.2 Å². The summed E-state index contributed by atoms with van der Waals surface area (Å²) >= 11 is 0. The molecule has 130 valence electrons. The van der Waals surface area contributed by atoms with E-state index in [0.717, 1.165) is 6.42 Å². The summed E-state index contributed by atoms with van der Waals surface area (Å²) in [6, 6.07) is 4.05. The van der Waals surface area contributed by atoms with Crippen molar-refractivity contribution in [2.24, 2.45) is 5.92 Å². The Hall–Kier alpha value is -2.15. The van der Waals surface area contributed by atoms with Gasteiger partial charge >= 0.3 is 5.97 Å². The number of amides is 2. The monoisotopic (exact) mass is 356 g/mol. The molecule has 2 saturated heterocycles. The number of halogens is 2. The molecule has 0 aromatic heterocycles. The van der Waals surface area contributed by atoms with Crippen LogP contribution in [-0.2, 0) is 9.59 Å². The van der Waals surface area contributed by atoms with E-state index in [-0.39, 0.29) is 30.4 Å². The van der Waals surface area contributed by atoms with E-state index in [9.17, 15) is 18.8 Å². The second kappa shape index (κ2) is 7.17. The summed E-state index contributed by atoms with van der Waals surface area (Å²) in [5.41, 5.74) is 0.388. The van der Waals surface area contributed by atoms with Crippen molar-refractivity contribution in [3.63, 3.8) is 0 Å². The first kappa shape index (κ1) is 18.2. The van der Waals surface area contributed by atoms with Crippen molar-refractivity contribution in [3.05, 3.63) is 29.6 Å². The number of carbonyl (C=O) groups excluding carboxylic acids is 2. The second-order valence-electron chi connectivity index (χ2n) is 5.89. The molecule has 1 atom stereocenters. The van der Waals surface area contributed by atoms with Gasteiger partial charge in [-0.1, -0.05) is 0 Å². The molecule has 2 heterocycles. The molecule has 6 nitrogen and oxygen atoms in total. The number of likely N-dealkylation sites (tertiary alicyclic amines) is 1. The third-order valence-corrected chi connectivity index (χ3v) is 4.39. The summed E-state index contributed by atoms with van der Waals surface area (Å²) in [6.07, 6.45) is 1.56. The lowest BCUT2D eigenvalue weighted by Crippen LogP contribution is -2.31. The predicted octanol–water partition coefficient (Wildman–Crippen LogP) is 1.92. The molecule has 24 heavy (non-hydrogen) atoms. The summed E-state index contributed by atoms with van der Waals surface area (Å²) in [7, 11) is 0. The quantitative estimate of drug-likeness (QED) is 0.897. The van der Waals surface area contributed by atoms with Crippen LogP contribution < -0.4 is 4.90 Å². The van der Waals surface area contributed by atoms with Crippen LogP contribution in [0.5, 0.6) is 0 Å². The van der Waals surface area contributed by atoms with Gasteiger partial charge in [0.1, 0.15) is 5.82 Å². The number of nitrogens with zero attached hydrogens (tertiary/aromatic N) is 2. The van der Waals surface area contributed by atoms with Crippen LogP contribution in [0.4, 0.5) is 10.1 Å². The normalized spacial score (nSPS) is 20.2. The number of carbonyl (C=O) groups is 3. The van der Waals surface area contributed by atoms with E-state index in [2.05, 4.69) is 0 Å². The van der Waals surface area contributed by atoms with Gasteiger partial charge in [-0.15, -0.1) is 12.4 Å². The Morgan fingerprint density at radius 3 is 2.58 bits per heavy atom. The van der Waals surface area contributed by atoms with Gasteiger partial charge in [0, 0.05) is 31.7 Å². The van der Waals surface area contributed by atoms with Crippen molar-refractivity contribution < 1.29 is 23.9 Å². The van der Waals surface area contributed by atoms with Crippen molar-refractivity contribution in [1.29, 1.82) is 0 Å². The molecule has 1 aromatic rings. The molecule has 8 heteroatoms. The Labute approximate surface area is 144 Å². The molecule has 2 fully saturated rings. The molecule has 2 aliphatic heterocycles. The molecule has 2 aliphatic rings. The number of rotatable bonds is 3. The molecular formula is C16H18ClFN2O4. The lowest BCUT2D eigenvalue weighted by atomic mass is 10.1. The zero-order valence-electron chi connectivity index (χ0n) is 12.9. The third kappa shape index (κ3) is 3.36. The minimum atomic E-state index is -0.947. The minimum Gasteiger partial charge on any atom is -0.481 e. The Morgan fingerprint density at radius 1 is 1.25 bits per heavy atom. The summed E-state index contributed by atoms with van der Waals surface area (Å²) in [5, 5.41) is 9.00. The van der Waals surface area contributed by atoms with Crippen LogP contribution >= 0.6 is 12.4 Å². The van der Waals surface area contributed by atoms with Gasteiger partial charge in [-0.2, -0.15) is 0 Å². The van der Waals surface area contributed by atoms with E-state index >= 15 is 0 Å². The topological polar surface area (TPSA) is 77.9 Å². The Morgan fingerprint density at radius 2 is 2.00 bits per heavy atom. The highest BCUT2D eigenvalue weighted by Gasteiger charge is 2.32. The van der Waals surface area contributed by atoms with Crippen LogP contribution in [0, 0.1) is 11.7 Å². The lowest BCUT2D eigenvalue weighted by molar-refractivity contribution is -0.141. The van der Waals surface area contributed by atoms with Crippen molar-refractivity contribution in [3.8, 4) is 0 Å². The number of hydrogen-bond donors (Lipinski definition) is 1. The molecule has 1 aromatic carbocycles. The Kier molecular flexibility index (Phi) is 5.43. The van der Waals surface area contributed by atoms with Crippen molar-refractivity contribution in [1.82, 2.24) is 4.90 Å². The number of anilines is 1. The van der Waals surface area contributed by atoms with Crippen LogP contribution in [0.1, 0.15) is 29.6 Å². The molecule has 0 aliphatic carbocycles. The van der Waals surface area contributed by atoms with E-state index in [1.165, 1.54) is 23.1 Å². The zero-order valence-corrected chi connectivity index (χ0v) is 13.7. The highest BCUT2D eigenvalue weighted by molar-refractivity contribution is 5.99. The maximum absolute atomic E-state index is 14.0. The molecule has 3 rings (SSSR count). The van der Waals surface area contributed by atoms with E-state index in [1.807, 2.05) is 0 Å². The summed E-state index contributed by atoms with van der Waals surface area (Å²) in [6.45, 7) is 0.936. The molecular weight excluding hydrogens is 339 g/mol. The SMILES string of the molecule is Cl.O=C(O)C1CCN(C(=O)c2cc(N3CCCC3=O)ccc2F)C1. The highest BCUT2D eigenvalue weighted by Crippen LogP contribution is 2.26. The first-order valence-corrected chi connectivity index (χ1v) is 7.59. The van der Waals surface area contributed by atoms with E-state index in [1.54, 1.807) is 4.90 Å². The fourth-order valence-corrected chi connectivity index (χ4v) is 3.08. The number of carboxylic acid groups (broad SMARTS) is 1. The number of hydrogen-bond acceptors (Lipinski definition) is 3. The molecule has 0 bridgehead atoms. The van der Waals surface area contributed by atoms with Crippen molar-refractivity contribution >= 4 is 35.9 Å². The summed E-state index contributed by atoms with van der Waals surface area (Å²) in [5.74, 6) is -2.78. The van der Waals surface area contributed by atoms with Crippen molar-refractivity contribution in [2.75, 3.05) is 24.5 Å². The summed E-state index contributed by atoms with van der Waals surface area (Å²) in [4.78, 5) is 38.1. The average molecular weight is 357 g/mol. The van der Waals surface area contributed by atoms with Crippen LogP contribution in [0.3, 0.4) is 0 Å². The Balaban J connectivity index is 0.00000208. The first-order valence-electron chi connectivity index (χ1n) is 7.59. The number of benzene rings is 1. The van der Waals surface area contributed by atoms with Gasteiger partial charge in [-0.25, -0.2) is 4.39 Å². The molecule has 2 amide bonds. The third-order valence-electron chi connectivity index (χ3n) is 4.39. The standard InChI is InChI=1S/C16H17FN2O4.ClH/c17-13-4-3-11(19-6-1-2-14(19)20)8-12(13)15(21)18-7-5-10(9-18)16(22)23;/h3-4,8,10H,1-2,5-7,9H2,(H,22,23);1H. The highest BCUT2D eigenvalue weighted by atomic mass is 35.5. The minimum absolute atomic E-state index is 0. The fraction of sp³-hybridized carbons (Fsp3) is 0.438. The number of aliphatic carboxylic acids is 1. The van der Waals surface area contributed by atoms with Gasteiger partial charge in [0.05, 0.1) is 11.5 Å². The largest absolute Gasteiger partial charge is 0.481 e. The molecule has 0 saturated carbocycles. The van der Waals surface area contributed by atoms with Gasteiger partial charge < -0.3 is 14.9 Å². The lowest BCUT2D eigenvalue weighted by Gasteiger charge is -2.19. The summed E-state index contributed by atoms with van der Waals surface area (Å²) < 4.78 is 14.0.